The Bertz CT molecular complexity index is 1880. The Hall–Kier alpha value is -4.85. The van der Waals surface area contributed by atoms with Crippen LogP contribution in [-0.4, -0.2) is 120 Å². The molecule has 55 heavy (non-hydrogen) atoms. The lowest BCUT2D eigenvalue weighted by Gasteiger charge is -2.39. The van der Waals surface area contributed by atoms with Crippen molar-refractivity contribution in [2.24, 2.45) is 5.92 Å². The largest absolute Gasteiger partial charge is 0.465 e. The number of carbonyl (C=O) groups excluding carboxylic acids is 4. The number of likely N-dealkylation sites (tertiary alicyclic amines) is 3. The zero-order chi connectivity index (χ0) is 39.1. The van der Waals surface area contributed by atoms with Crippen molar-refractivity contribution in [1.82, 2.24) is 24.6 Å². The zero-order valence-electron chi connectivity index (χ0n) is 32.6. The van der Waals surface area contributed by atoms with Crippen LogP contribution in [0.1, 0.15) is 75.5 Å². The Kier molecular flexibility index (Phi) is 13.2. The van der Waals surface area contributed by atoms with Crippen LogP contribution in [0, 0.1) is 12.8 Å². The van der Waals surface area contributed by atoms with Gasteiger partial charge in [0.1, 0.15) is 6.04 Å². The molecule has 3 saturated heterocycles. The minimum atomic E-state index is -0.462. The monoisotopic (exact) mass is 760 g/mol. The van der Waals surface area contributed by atoms with E-state index in [9.17, 15) is 24.0 Å². The molecule has 3 aromatic rings. The van der Waals surface area contributed by atoms with Crippen molar-refractivity contribution in [1.29, 1.82) is 0 Å². The Morgan fingerprint density at radius 1 is 0.927 bits per heavy atom. The number of urea groups is 1. The van der Waals surface area contributed by atoms with E-state index in [1.165, 1.54) is 12.7 Å². The van der Waals surface area contributed by atoms with Gasteiger partial charge in [0, 0.05) is 56.4 Å². The number of benzene rings is 2. The van der Waals surface area contributed by atoms with Crippen LogP contribution in [0.15, 0.2) is 45.6 Å². The minimum absolute atomic E-state index is 0.0403. The Morgan fingerprint density at radius 3 is 2.36 bits per heavy atom. The van der Waals surface area contributed by atoms with E-state index in [2.05, 4.69) is 21.3 Å². The third-order valence-electron chi connectivity index (χ3n) is 11.5. The highest BCUT2D eigenvalue weighted by Crippen LogP contribution is 2.29. The van der Waals surface area contributed by atoms with E-state index in [4.69, 9.17) is 13.9 Å². The number of hydrogen-bond donors (Lipinski definition) is 2. The van der Waals surface area contributed by atoms with E-state index in [0.717, 1.165) is 74.7 Å². The normalized spacial score (nSPS) is 20.3. The van der Waals surface area contributed by atoms with Gasteiger partial charge in [-0.15, -0.1) is 0 Å². The Morgan fingerprint density at radius 2 is 1.64 bits per heavy atom. The van der Waals surface area contributed by atoms with Crippen molar-refractivity contribution in [3.63, 3.8) is 0 Å². The minimum Gasteiger partial charge on any atom is -0.465 e. The smallest absolute Gasteiger partial charge is 0.417 e. The third kappa shape index (κ3) is 9.52. The summed E-state index contributed by atoms with van der Waals surface area (Å²) in [6.07, 6.45) is 7.24. The lowest BCUT2D eigenvalue weighted by molar-refractivity contribution is -0.150. The second-order valence-corrected chi connectivity index (χ2v) is 15.2. The predicted octanol–water partition coefficient (Wildman–Crippen LogP) is 5.32. The number of anilines is 1. The van der Waals surface area contributed by atoms with Gasteiger partial charge in [-0.3, -0.25) is 19.5 Å². The molecule has 2 atom stereocenters. The lowest BCUT2D eigenvalue weighted by atomic mass is 9.96. The number of para-hydroxylation sites is 1. The molecular weight excluding hydrogens is 704 g/mol. The molecular formula is C41H56N6O8. The summed E-state index contributed by atoms with van der Waals surface area (Å²) in [6.45, 7) is 10.7. The molecule has 4 aliphatic heterocycles. The van der Waals surface area contributed by atoms with Gasteiger partial charge < -0.3 is 33.9 Å². The standard InChI is InChI=1S/C25H35N3O5.C16H21N3O3/c1-4-12-32-24(30)20-6-5-9-28(20)19-7-10-27(11-8-19)23(29)17(3)14-18-13-16(2)22-21(15-18)33-25(31)26-22;1-22-16(21)18-9-7-13(8-10-18)19-11-6-12-4-2-3-5-14(12)17-15(19)20/h13,15,17,19-20H,4-12,14H2,1-3H3,(H,26,31);2-5,13H,6-11H2,1H3,(H,17,20)/t17-,20+;/m1./s1. The molecule has 4 amide bonds. The van der Waals surface area contributed by atoms with Gasteiger partial charge in [0.15, 0.2) is 5.58 Å². The number of fused-ring (bicyclic) bond motifs is 2. The molecule has 4 aliphatic rings. The molecule has 7 rings (SSSR count). The highest BCUT2D eigenvalue weighted by atomic mass is 16.5. The van der Waals surface area contributed by atoms with Gasteiger partial charge in [0.2, 0.25) is 5.91 Å². The summed E-state index contributed by atoms with van der Waals surface area (Å²) in [5.74, 6) is -0.558. The number of nitrogens with zero attached hydrogens (tertiary/aromatic N) is 4. The number of aromatic nitrogens is 1. The molecule has 5 heterocycles. The number of carbonyl (C=O) groups is 4. The summed E-state index contributed by atoms with van der Waals surface area (Å²) in [7, 11) is 1.40. The van der Waals surface area contributed by atoms with Crippen LogP contribution < -0.4 is 11.1 Å². The van der Waals surface area contributed by atoms with Crippen molar-refractivity contribution < 1.29 is 33.1 Å². The molecule has 2 aromatic carbocycles. The first kappa shape index (κ1) is 39.8. The van der Waals surface area contributed by atoms with Crippen LogP contribution in [0.3, 0.4) is 0 Å². The number of H-pyrrole nitrogens is 1. The van der Waals surface area contributed by atoms with Crippen LogP contribution in [0.4, 0.5) is 15.3 Å². The first-order chi connectivity index (χ1) is 26.6. The maximum absolute atomic E-state index is 13.1. The summed E-state index contributed by atoms with van der Waals surface area (Å²) < 4.78 is 15.4. The molecule has 0 bridgehead atoms. The molecule has 0 saturated carbocycles. The fraction of sp³-hybridized carbons (Fsp3) is 0.585. The first-order valence-electron chi connectivity index (χ1n) is 19.9. The van der Waals surface area contributed by atoms with Crippen molar-refractivity contribution in [2.75, 3.05) is 58.3 Å². The Labute approximate surface area is 322 Å². The molecule has 3 fully saturated rings. The number of amides is 4. The molecule has 298 valence electrons. The van der Waals surface area contributed by atoms with E-state index < -0.39 is 5.76 Å². The summed E-state index contributed by atoms with van der Waals surface area (Å²) in [4.78, 5) is 71.6. The van der Waals surface area contributed by atoms with Gasteiger partial charge in [-0.05, 0) is 100 Å². The number of piperidine rings is 2. The van der Waals surface area contributed by atoms with Gasteiger partial charge in [0.05, 0.1) is 19.2 Å². The van der Waals surface area contributed by atoms with E-state index in [-0.39, 0.29) is 42.0 Å². The van der Waals surface area contributed by atoms with Crippen molar-refractivity contribution in [3.05, 3.63) is 63.6 Å². The van der Waals surface area contributed by atoms with Gasteiger partial charge in [0.25, 0.3) is 0 Å². The number of ether oxygens (including phenoxy) is 2. The topological polar surface area (TPSA) is 158 Å². The van der Waals surface area contributed by atoms with Crippen molar-refractivity contribution >= 4 is 40.8 Å². The maximum Gasteiger partial charge on any atom is 0.417 e. The van der Waals surface area contributed by atoms with Crippen LogP contribution in [0.5, 0.6) is 0 Å². The quantitative estimate of drug-likeness (QED) is 0.290. The van der Waals surface area contributed by atoms with Crippen molar-refractivity contribution in [2.45, 2.75) is 96.7 Å². The number of rotatable bonds is 8. The summed E-state index contributed by atoms with van der Waals surface area (Å²) in [6, 6.07) is 12.1. The number of oxazole rings is 1. The maximum atomic E-state index is 13.1. The molecule has 0 radical (unpaired) electrons. The summed E-state index contributed by atoms with van der Waals surface area (Å²) >= 11 is 0. The van der Waals surface area contributed by atoms with Crippen LogP contribution >= 0.6 is 0 Å². The van der Waals surface area contributed by atoms with Gasteiger partial charge in [-0.1, -0.05) is 38.1 Å². The van der Waals surface area contributed by atoms with Gasteiger partial charge in [-0.2, -0.15) is 0 Å². The fourth-order valence-electron chi connectivity index (χ4n) is 8.59. The molecule has 0 unspecified atom stereocenters. The van der Waals surface area contributed by atoms with Crippen LogP contribution in [-0.2, 0) is 31.9 Å². The molecule has 14 nitrogen and oxygen atoms in total. The number of methoxy groups -OCH3 is 1. The predicted molar refractivity (Wildman–Crippen MR) is 208 cm³/mol. The second-order valence-electron chi connectivity index (χ2n) is 15.2. The molecule has 1 aromatic heterocycles. The second kappa shape index (κ2) is 18.2. The van der Waals surface area contributed by atoms with Gasteiger partial charge >= 0.3 is 23.8 Å². The average molecular weight is 761 g/mol. The third-order valence-corrected chi connectivity index (χ3v) is 11.5. The van der Waals surface area contributed by atoms with Crippen molar-refractivity contribution in [3.8, 4) is 0 Å². The van der Waals surface area contributed by atoms with Crippen LogP contribution in [0.2, 0.25) is 0 Å². The van der Waals surface area contributed by atoms with E-state index >= 15 is 0 Å². The molecule has 0 spiro atoms. The first-order valence-corrected chi connectivity index (χ1v) is 19.9. The zero-order valence-corrected chi connectivity index (χ0v) is 32.6. The van der Waals surface area contributed by atoms with E-state index in [1.54, 1.807) is 4.90 Å². The number of esters is 1. The lowest BCUT2D eigenvalue weighted by Crippen LogP contribution is -2.51. The Balaban J connectivity index is 0.000000203. The van der Waals surface area contributed by atoms with E-state index in [1.807, 2.05) is 60.9 Å². The SMILES string of the molecule is CCCOC(=O)[C@@H]1CCCN1C1CCN(C(=O)[C@H](C)Cc2cc(C)c3[nH]c(=O)oc3c2)CC1.COC(=O)N1CCC(N2CCc3ccccc3NC2=O)CC1. The number of aromatic amines is 1. The number of nitrogens with one attached hydrogen (secondary N) is 2. The molecule has 2 N–H and O–H groups in total. The summed E-state index contributed by atoms with van der Waals surface area (Å²) in [5.41, 5.74) is 5.25. The fourth-order valence-corrected chi connectivity index (χ4v) is 8.59. The molecule has 14 heteroatoms. The van der Waals surface area contributed by atoms with E-state index in [0.29, 0.717) is 62.9 Å². The number of aryl methyl sites for hydroxylation is 1. The molecule has 0 aliphatic carbocycles. The van der Waals surface area contributed by atoms with Gasteiger partial charge in [-0.25, -0.2) is 14.4 Å². The highest BCUT2D eigenvalue weighted by molar-refractivity contribution is 5.91. The summed E-state index contributed by atoms with van der Waals surface area (Å²) in [5, 5.41) is 3.00. The average Bonchev–Trinajstić information content (AvgIpc) is 3.80. The van der Waals surface area contributed by atoms with Crippen LogP contribution in [0.25, 0.3) is 11.1 Å². The number of hydrogen-bond acceptors (Lipinski definition) is 9. The highest BCUT2D eigenvalue weighted by Gasteiger charge is 2.38.